The van der Waals surface area contributed by atoms with Gasteiger partial charge in [0.2, 0.25) is 0 Å². The van der Waals surface area contributed by atoms with Gasteiger partial charge in [0.05, 0.1) is 12.2 Å². The van der Waals surface area contributed by atoms with Crippen LogP contribution in [-0.4, -0.2) is 42.0 Å². The van der Waals surface area contributed by atoms with Crippen LogP contribution in [0.2, 0.25) is 0 Å². The molecule has 29 heavy (non-hydrogen) atoms. The van der Waals surface area contributed by atoms with E-state index in [-0.39, 0.29) is 24.0 Å². The molecule has 1 aliphatic rings. The summed E-state index contributed by atoms with van der Waals surface area (Å²) in [4.78, 5) is 13.5. The summed E-state index contributed by atoms with van der Waals surface area (Å²) in [6.45, 7) is 12.5. The van der Waals surface area contributed by atoms with Crippen molar-refractivity contribution >= 4 is 52.6 Å². The van der Waals surface area contributed by atoms with Gasteiger partial charge >= 0.3 is 0 Å². The fourth-order valence-corrected chi connectivity index (χ4v) is 4.99. The Morgan fingerprint density at radius 3 is 2.69 bits per heavy atom. The molecule has 0 radical (unpaired) electrons. The van der Waals surface area contributed by atoms with Gasteiger partial charge in [0.25, 0.3) is 0 Å². The van der Waals surface area contributed by atoms with Crippen LogP contribution in [0.1, 0.15) is 55.1 Å². The molecule has 0 unspecified atom stereocenters. The molecular weight excluding hydrogens is 513 g/mol. The molecule has 2 aromatic heterocycles. The van der Waals surface area contributed by atoms with E-state index >= 15 is 0 Å². The number of guanidine groups is 1. The Morgan fingerprint density at radius 2 is 2.07 bits per heavy atom. The van der Waals surface area contributed by atoms with E-state index in [0.29, 0.717) is 12.5 Å². The van der Waals surface area contributed by atoms with Gasteiger partial charge in [-0.15, -0.1) is 46.7 Å². The summed E-state index contributed by atoms with van der Waals surface area (Å²) >= 11 is 3.57. The fourth-order valence-electron chi connectivity index (χ4n) is 3.36. The van der Waals surface area contributed by atoms with Gasteiger partial charge in [-0.25, -0.2) is 9.98 Å². The van der Waals surface area contributed by atoms with Gasteiger partial charge in [-0.05, 0) is 56.1 Å². The third kappa shape index (κ3) is 8.15. The Kier molecular flexibility index (Phi) is 10.9. The molecule has 2 aromatic rings. The maximum atomic E-state index is 4.74. The van der Waals surface area contributed by atoms with E-state index in [2.05, 4.69) is 64.2 Å². The Balaban J connectivity index is 0.00000300. The van der Waals surface area contributed by atoms with Gasteiger partial charge in [-0.2, -0.15) is 0 Å². The van der Waals surface area contributed by atoms with Crippen molar-refractivity contribution in [2.45, 2.75) is 52.6 Å². The van der Waals surface area contributed by atoms with Crippen LogP contribution in [-0.2, 0) is 13.1 Å². The minimum absolute atomic E-state index is 0. The van der Waals surface area contributed by atoms with Crippen LogP contribution in [0.5, 0.6) is 0 Å². The van der Waals surface area contributed by atoms with Gasteiger partial charge in [0.15, 0.2) is 5.96 Å². The van der Waals surface area contributed by atoms with Gasteiger partial charge in [-0.3, -0.25) is 4.90 Å². The summed E-state index contributed by atoms with van der Waals surface area (Å²) < 4.78 is 0. The predicted octanol–water partition coefficient (Wildman–Crippen LogP) is 4.91. The number of likely N-dealkylation sites (tertiary alicyclic amines) is 1. The second kappa shape index (κ2) is 12.9. The van der Waals surface area contributed by atoms with Crippen LogP contribution in [0.3, 0.4) is 0 Å². The highest BCUT2D eigenvalue weighted by Crippen LogP contribution is 2.20. The number of hydrogen-bond donors (Lipinski definition) is 2. The molecule has 162 valence electrons. The topological polar surface area (TPSA) is 52.6 Å². The lowest BCUT2D eigenvalue weighted by atomic mass is 9.97. The summed E-state index contributed by atoms with van der Waals surface area (Å²) in [6, 6.07) is 4.39. The normalized spacial score (nSPS) is 16.1. The largest absolute Gasteiger partial charge is 0.357 e. The first kappa shape index (κ1) is 24.6. The van der Waals surface area contributed by atoms with E-state index in [0.717, 1.165) is 36.5 Å². The van der Waals surface area contributed by atoms with Crippen LogP contribution < -0.4 is 10.6 Å². The second-order valence-corrected chi connectivity index (χ2v) is 9.67. The predicted molar refractivity (Wildman–Crippen MR) is 137 cm³/mol. The lowest BCUT2D eigenvalue weighted by molar-refractivity contribution is 0.179. The third-order valence-electron chi connectivity index (χ3n) is 5.10. The SMILES string of the molecule is CCNC(=NCc1nc(C(C)C)cs1)NCC1CCN(Cc2cccs2)CC1.I. The van der Waals surface area contributed by atoms with Gasteiger partial charge in [0.1, 0.15) is 5.01 Å². The van der Waals surface area contributed by atoms with E-state index in [1.54, 1.807) is 11.3 Å². The molecular formula is C21H34IN5S2. The Bertz CT molecular complexity index is 721. The molecule has 3 rings (SSSR count). The molecule has 5 nitrogen and oxygen atoms in total. The fraction of sp³-hybridized carbons (Fsp3) is 0.619. The monoisotopic (exact) mass is 547 g/mol. The highest BCUT2D eigenvalue weighted by molar-refractivity contribution is 14.0. The quantitative estimate of drug-likeness (QED) is 0.280. The minimum Gasteiger partial charge on any atom is -0.357 e. The van der Waals surface area contributed by atoms with Crippen molar-refractivity contribution < 1.29 is 0 Å². The summed E-state index contributed by atoms with van der Waals surface area (Å²) in [5.74, 6) is 2.10. The average molecular weight is 548 g/mol. The maximum absolute atomic E-state index is 4.74. The molecule has 1 fully saturated rings. The zero-order valence-corrected chi connectivity index (χ0v) is 21.7. The molecule has 1 saturated heterocycles. The molecule has 0 aromatic carbocycles. The molecule has 0 amide bonds. The molecule has 2 N–H and O–H groups in total. The number of piperidine rings is 1. The summed E-state index contributed by atoms with van der Waals surface area (Å²) in [5, 5.41) is 12.3. The Morgan fingerprint density at radius 1 is 1.28 bits per heavy atom. The average Bonchev–Trinajstić information content (AvgIpc) is 3.37. The maximum Gasteiger partial charge on any atom is 0.191 e. The molecule has 0 saturated carbocycles. The molecule has 0 spiro atoms. The number of aromatic nitrogens is 1. The number of rotatable bonds is 8. The molecule has 0 atom stereocenters. The summed E-state index contributed by atoms with van der Waals surface area (Å²) in [7, 11) is 0. The number of thiazole rings is 1. The number of thiophene rings is 1. The van der Waals surface area contributed by atoms with Crippen molar-refractivity contribution in [2.75, 3.05) is 26.2 Å². The van der Waals surface area contributed by atoms with Crippen molar-refractivity contribution in [3.05, 3.63) is 38.5 Å². The van der Waals surface area contributed by atoms with Crippen LogP contribution >= 0.6 is 46.7 Å². The number of halogens is 1. The summed E-state index contributed by atoms with van der Waals surface area (Å²) in [5.41, 5.74) is 1.17. The lowest BCUT2D eigenvalue weighted by Crippen LogP contribution is -2.42. The first-order chi connectivity index (χ1) is 13.6. The van der Waals surface area contributed by atoms with Gasteiger partial charge in [0, 0.05) is 29.9 Å². The molecule has 0 bridgehead atoms. The van der Waals surface area contributed by atoms with Crippen LogP contribution in [0.15, 0.2) is 27.9 Å². The standard InChI is InChI=1S/C21H33N5S2.HI/c1-4-22-21(24-13-20-25-19(15-28-20)16(2)3)23-12-17-7-9-26(10-8-17)14-18-6-5-11-27-18;/h5-6,11,15-17H,4,7-10,12-14H2,1-3H3,(H2,22,23,24);1H. The second-order valence-electron chi connectivity index (χ2n) is 7.70. The first-order valence-corrected chi connectivity index (χ1v) is 12.1. The minimum atomic E-state index is 0. The number of nitrogens with zero attached hydrogens (tertiary/aromatic N) is 3. The molecule has 8 heteroatoms. The van der Waals surface area contributed by atoms with E-state index in [4.69, 9.17) is 4.99 Å². The van der Waals surface area contributed by atoms with Crippen molar-refractivity contribution in [2.24, 2.45) is 10.9 Å². The van der Waals surface area contributed by atoms with Crippen molar-refractivity contribution in [3.63, 3.8) is 0 Å². The number of nitrogens with one attached hydrogen (secondary N) is 2. The first-order valence-electron chi connectivity index (χ1n) is 10.3. The van der Waals surface area contributed by atoms with E-state index < -0.39 is 0 Å². The lowest BCUT2D eigenvalue weighted by Gasteiger charge is -2.32. The van der Waals surface area contributed by atoms with Gasteiger partial charge < -0.3 is 10.6 Å². The molecule has 0 aliphatic carbocycles. The zero-order valence-electron chi connectivity index (χ0n) is 17.7. The Hall–Kier alpha value is -0.710. The van der Waals surface area contributed by atoms with Crippen molar-refractivity contribution in [1.29, 1.82) is 0 Å². The number of hydrogen-bond acceptors (Lipinski definition) is 5. The Labute approximate surface area is 200 Å². The zero-order chi connectivity index (χ0) is 19.8. The number of aliphatic imine (C=N–C) groups is 1. The van der Waals surface area contributed by atoms with Crippen LogP contribution in [0.25, 0.3) is 0 Å². The third-order valence-corrected chi connectivity index (χ3v) is 6.82. The van der Waals surface area contributed by atoms with Crippen molar-refractivity contribution in [3.8, 4) is 0 Å². The van der Waals surface area contributed by atoms with E-state index in [1.165, 1.54) is 36.5 Å². The molecule has 1 aliphatic heterocycles. The highest BCUT2D eigenvalue weighted by atomic mass is 127. The van der Waals surface area contributed by atoms with Crippen LogP contribution in [0.4, 0.5) is 0 Å². The van der Waals surface area contributed by atoms with E-state index in [9.17, 15) is 0 Å². The van der Waals surface area contributed by atoms with Gasteiger partial charge in [-0.1, -0.05) is 19.9 Å². The molecule has 3 heterocycles. The highest BCUT2D eigenvalue weighted by Gasteiger charge is 2.19. The van der Waals surface area contributed by atoms with Crippen LogP contribution in [0, 0.1) is 5.92 Å². The van der Waals surface area contributed by atoms with Crippen molar-refractivity contribution in [1.82, 2.24) is 20.5 Å². The smallest absolute Gasteiger partial charge is 0.191 e. The summed E-state index contributed by atoms with van der Waals surface area (Å²) in [6.07, 6.45) is 2.50. The van der Waals surface area contributed by atoms with E-state index in [1.807, 2.05) is 11.3 Å².